The van der Waals surface area contributed by atoms with Gasteiger partial charge >= 0.3 is 0 Å². The molecule has 0 saturated carbocycles. The van der Waals surface area contributed by atoms with Gasteiger partial charge in [-0.15, -0.1) is 0 Å². The van der Waals surface area contributed by atoms with Crippen LogP contribution >= 0.6 is 23.2 Å². The van der Waals surface area contributed by atoms with Crippen LogP contribution in [0.15, 0.2) is 77.8 Å². The molecule has 5 rings (SSSR count). The van der Waals surface area contributed by atoms with Crippen molar-refractivity contribution in [2.75, 3.05) is 59.5 Å². The lowest BCUT2D eigenvalue weighted by atomic mass is 9.86. The van der Waals surface area contributed by atoms with Crippen molar-refractivity contribution in [1.29, 1.82) is 0 Å². The normalized spacial score (nSPS) is 18.9. The van der Waals surface area contributed by atoms with E-state index in [1.54, 1.807) is 4.90 Å². The third kappa shape index (κ3) is 12.2. The summed E-state index contributed by atoms with van der Waals surface area (Å²) >= 11 is 11.6. The van der Waals surface area contributed by atoms with Crippen LogP contribution in [0.1, 0.15) is 64.7 Å². The van der Waals surface area contributed by atoms with Gasteiger partial charge in [0.2, 0.25) is 12.3 Å². The number of hydrogen-bond donors (Lipinski definition) is 2. The highest BCUT2D eigenvalue weighted by molar-refractivity contribution is 6.30. The lowest BCUT2D eigenvalue weighted by molar-refractivity contribution is -0.123. The largest absolute Gasteiger partial charge is 0.493 e. The fraction of sp³-hybridized carbons (Fsp3) is 0.475. The van der Waals surface area contributed by atoms with Crippen LogP contribution in [0, 0.1) is 0 Å². The SMILES string of the molecule is CCOc1cc(C(C)(C)C)ccc1C1=N[C@@](C)(c2ccc(Cl)cc2)C(C)N1C.Clc1ccccc1.NCCCNC(=O)CN1CCN(C=O)CC1. The molecule has 1 saturated heterocycles. The van der Waals surface area contributed by atoms with E-state index in [4.69, 9.17) is 38.7 Å². The second kappa shape index (κ2) is 19.8. The molecule has 0 aromatic heterocycles. The molecule has 9 nitrogen and oxygen atoms in total. The van der Waals surface area contributed by atoms with Crippen molar-refractivity contribution in [2.24, 2.45) is 10.7 Å². The molecule has 3 aromatic rings. The van der Waals surface area contributed by atoms with E-state index in [1.165, 1.54) is 5.56 Å². The number of amidine groups is 1. The van der Waals surface area contributed by atoms with E-state index in [0.29, 0.717) is 39.3 Å². The van der Waals surface area contributed by atoms with Gasteiger partial charge in [0.05, 0.1) is 24.8 Å². The molecule has 51 heavy (non-hydrogen) atoms. The van der Waals surface area contributed by atoms with Gasteiger partial charge in [0, 0.05) is 49.8 Å². The first-order valence-electron chi connectivity index (χ1n) is 17.7. The molecule has 0 radical (unpaired) electrons. The number of hydrogen-bond acceptors (Lipinski definition) is 7. The lowest BCUT2D eigenvalue weighted by Crippen LogP contribution is -2.49. The minimum absolute atomic E-state index is 0.0352. The monoisotopic (exact) mass is 738 g/mol. The first kappa shape index (κ1) is 41.8. The highest BCUT2D eigenvalue weighted by Crippen LogP contribution is 2.40. The maximum absolute atomic E-state index is 11.5. The van der Waals surface area contributed by atoms with Crippen molar-refractivity contribution in [3.05, 3.63) is 99.5 Å². The zero-order chi connectivity index (χ0) is 37.6. The Kier molecular flexibility index (Phi) is 16.3. The Balaban J connectivity index is 0.000000254. The molecule has 2 amide bonds. The van der Waals surface area contributed by atoms with Crippen LogP contribution in [0.5, 0.6) is 5.75 Å². The summed E-state index contributed by atoms with van der Waals surface area (Å²) in [6.07, 6.45) is 1.67. The molecule has 2 aliphatic heterocycles. The van der Waals surface area contributed by atoms with E-state index in [1.807, 2.05) is 49.4 Å². The van der Waals surface area contributed by atoms with Gasteiger partial charge in [0.15, 0.2) is 0 Å². The zero-order valence-corrected chi connectivity index (χ0v) is 32.8. The molecular weight excluding hydrogens is 683 g/mol. The molecule has 2 aliphatic rings. The maximum Gasteiger partial charge on any atom is 0.234 e. The van der Waals surface area contributed by atoms with Crippen molar-refractivity contribution in [1.82, 2.24) is 20.0 Å². The van der Waals surface area contributed by atoms with Gasteiger partial charge in [0.1, 0.15) is 17.1 Å². The van der Waals surface area contributed by atoms with Crippen molar-refractivity contribution in [2.45, 2.75) is 65.0 Å². The smallest absolute Gasteiger partial charge is 0.234 e. The molecule has 0 aliphatic carbocycles. The molecule has 1 unspecified atom stereocenters. The van der Waals surface area contributed by atoms with Crippen molar-refractivity contribution in [3.8, 4) is 5.75 Å². The standard InChI is InChI=1S/C24H31ClN2O.C10H20N4O2.C6H5Cl/c1-8-28-21-15-18(23(3,4)5)11-14-20(21)22-26-24(6,16(2)27(22)7)17-9-12-19(25)13-10-17;11-2-1-3-12-10(16)8-13-4-6-14(9-15)7-5-13;7-6-4-2-1-3-5-6/h9-16H,8H2,1-7H3;9H,1-8,11H2,(H,12,16);1-5H/t16?,24-;;/m1../s1. The second-order valence-electron chi connectivity index (χ2n) is 14.0. The molecule has 3 aromatic carbocycles. The predicted molar refractivity (Wildman–Crippen MR) is 211 cm³/mol. The van der Waals surface area contributed by atoms with Crippen molar-refractivity contribution < 1.29 is 14.3 Å². The number of nitrogens with one attached hydrogen (secondary N) is 1. The molecule has 3 N–H and O–H groups in total. The number of carbonyl (C=O) groups is 2. The topological polar surface area (TPSA) is 103 Å². The molecule has 1 fully saturated rings. The number of aliphatic imine (C=N–C) groups is 1. The Hall–Kier alpha value is -3.63. The van der Waals surface area contributed by atoms with Gasteiger partial charge in [-0.25, -0.2) is 0 Å². The van der Waals surface area contributed by atoms with Gasteiger partial charge in [-0.2, -0.15) is 0 Å². The fourth-order valence-corrected chi connectivity index (χ4v) is 6.05. The van der Waals surface area contributed by atoms with Gasteiger partial charge in [-0.05, 0) is 86.7 Å². The molecule has 0 bridgehead atoms. The van der Waals surface area contributed by atoms with E-state index < -0.39 is 0 Å². The average molecular weight is 740 g/mol. The fourth-order valence-electron chi connectivity index (χ4n) is 5.77. The summed E-state index contributed by atoms with van der Waals surface area (Å²) in [6.45, 7) is 18.3. The van der Waals surface area contributed by atoms with Gasteiger partial charge in [-0.3, -0.25) is 19.5 Å². The van der Waals surface area contributed by atoms with Crippen molar-refractivity contribution in [3.63, 3.8) is 0 Å². The van der Waals surface area contributed by atoms with Crippen LogP contribution in [-0.4, -0.2) is 98.4 Å². The number of rotatable bonds is 10. The summed E-state index contributed by atoms with van der Waals surface area (Å²) in [6, 6.07) is 24.2. The third-order valence-corrected chi connectivity index (χ3v) is 9.75. The molecule has 2 atom stereocenters. The predicted octanol–water partition coefficient (Wildman–Crippen LogP) is 6.60. The van der Waals surface area contributed by atoms with E-state index in [0.717, 1.165) is 58.7 Å². The molecular formula is C40H56Cl2N6O3. The summed E-state index contributed by atoms with van der Waals surface area (Å²) < 4.78 is 6.03. The van der Waals surface area contributed by atoms with Crippen LogP contribution in [-0.2, 0) is 20.5 Å². The first-order valence-corrected chi connectivity index (χ1v) is 18.4. The van der Waals surface area contributed by atoms with Crippen LogP contribution < -0.4 is 15.8 Å². The molecule has 0 spiro atoms. The third-order valence-electron chi connectivity index (χ3n) is 9.24. The summed E-state index contributed by atoms with van der Waals surface area (Å²) in [7, 11) is 2.11. The Morgan fingerprint density at radius 1 is 1.02 bits per heavy atom. The van der Waals surface area contributed by atoms with E-state index in [9.17, 15) is 9.59 Å². The Morgan fingerprint density at radius 2 is 1.65 bits per heavy atom. The van der Waals surface area contributed by atoms with Crippen LogP contribution in [0.3, 0.4) is 0 Å². The molecule has 278 valence electrons. The minimum atomic E-state index is -0.346. The van der Waals surface area contributed by atoms with E-state index >= 15 is 0 Å². The number of piperazine rings is 1. The Morgan fingerprint density at radius 3 is 2.18 bits per heavy atom. The number of amides is 2. The lowest BCUT2D eigenvalue weighted by Gasteiger charge is -2.31. The van der Waals surface area contributed by atoms with E-state index in [2.05, 4.69) is 87.1 Å². The summed E-state index contributed by atoms with van der Waals surface area (Å²) in [5.74, 6) is 1.90. The number of nitrogens with two attached hydrogens (primary N) is 1. The zero-order valence-electron chi connectivity index (χ0n) is 31.3. The van der Waals surface area contributed by atoms with Crippen LogP contribution in [0.2, 0.25) is 10.0 Å². The second-order valence-corrected chi connectivity index (χ2v) is 14.8. The van der Waals surface area contributed by atoms with Gasteiger partial charge in [-0.1, -0.05) is 80.4 Å². The average Bonchev–Trinajstić information content (AvgIpc) is 3.34. The molecule has 11 heteroatoms. The van der Waals surface area contributed by atoms with Crippen LogP contribution in [0.4, 0.5) is 0 Å². The number of benzene rings is 3. The maximum atomic E-state index is 11.5. The van der Waals surface area contributed by atoms with Crippen LogP contribution in [0.25, 0.3) is 0 Å². The number of halogens is 2. The Bertz CT molecular complexity index is 1560. The minimum Gasteiger partial charge on any atom is -0.493 e. The van der Waals surface area contributed by atoms with E-state index in [-0.39, 0.29) is 22.9 Å². The highest BCUT2D eigenvalue weighted by atomic mass is 35.5. The van der Waals surface area contributed by atoms with Gasteiger partial charge < -0.3 is 25.6 Å². The summed E-state index contributed by atoms with van der Waals surface area (Å²) in [5.41, 5.74) is 8.52. The number of nitrogens with zero attached hydrogens (tertiary/aromatic N) is 4. The van der Waals surface area contributed by atoms with Gasteiger partial charge in [0.25, 0.3) is 0 Å². The Labute approximate surface area is 315 Å². The summed E-state index contributed by atoms with van der Waals surface area (Å²) in [5, 5.41) is 4.35. The number of likely N-dealkylation sites (N-methyl/N-ethyl adjacent to an activating group) is 1. The summed E-state index contributed by atoms with van der Waals surface area (Å²) in [4.78, 5) is 33.2. The first-order chi connectivity index (χ1) is 24.2. The van der Waals surface area contributed by atoms with Crippen molar-refractivity contribution >= 4 is 41.4 Å². The molecule has 2 heterocycles. The number of ether oxygens (including phenoxy) is 1. The number of carbonyl (C=O) groups excluding carboxylic acids is 2. The quantitative estimate of drug-likeness (QED) is 0.180. The highest BCUT2D eigenvalue weighted by Gasteiger charge is 2.43.